The fourth-order valence-corrected chi connectivity index (χ4v) is 1.18. The largest absolute Gasteiger partial charge is 0.483 e. The van der Waals surface area contributed by atoms with E-state index in [1.165, 1.54) is 3.79 Å². The van der Waals surface area contributed by atoms with Crippen molar-refractivity contribution in [2.24, 2.45) is 0 Å². The lowest BCUT2D eigenvalue weighted by atomic mass is 10.7. The van der Waals surface area contributed by atoms with Crippen molar-refractivity contribution in [1.82, 2.24) is 0 Å². The van der Waals surface area contributed by atoms with Crippen molar-refractivity contribution < 1.29 is 9.90 Å². The molecule has 1 heterocycles. The minimum atomic E-state index is -0.250. The summed E-state index contributed by atoms with van der Waals surface area (Å²) in [7, 11) is 0. The van der Waals surface area contributed by atoms with Gasteiger partial charge in [-0.1, -0.05) is 6.07 Å². The first kappa shape index (κ1) is 8.65. The standard InChI is InChI=1S/C4H3BrS.CH2O2/c5-4-2-1-3-6-4;2-1-3/h1-3H;1H,(H,2,3). The Kier molecular flexibility index (Phi) is 5.56. The predicted octanol–water partition coefficient (Wildman–Crippen LogP) is 2.21. The highest BCUT2D eigenvalue weighted by Crippen LogP contribution is 2.14. The molecule has 9 heavy (non-hydrogen) atoms. The van der Waals surface area contributed by atoms with E-state index in [-0.39, 0.29) is 6.47 Å². The third-order valence-corrected chi connectivity index (χ3v) is 1.97. The zero-order chi connectivity index (χ0) is 7.11. The molecule has 0 bridgehead atoms. The van der Waals surface area contributed by atoms with Crippen molar-refractivity contribution >= 4 is 33.7 Å². The third-order valence-electron chi connectivity index (χ3n) is 0.486. The Balaban J connectivity index is 0.000000187. The van der Waals surface area contributed by atoms with Gasteiger partial charge in [0.05, 0.1) is 3.79 Å². The van der Waals surface area contributed by atoms with Gasteiger partial charge in [0.25, 0.3) is 6.47 Å². The van der Waals surface area contributed by atoms with Crippen LogP contribution in [0.2, 0.25) is 0 Å². The molecule has 0 aliphatic rings. The topological polar surface area (TPSA) is 37.3 Å². The summed E-state index contributed by atoms with van der Waals surface area (Å²) in [5.74, 6) is 0. The molecule has 1 aromatic heterocycles. The molecule has 0 aliphatic carbocycles. The molecular weight excluding hydrogens is 204 g/mol. The van der Waals surface area contributed by atoms with E-state index < -0.39 is 0 Å². The van der Waals surface area contributed by atoms with Crippen LogP contribution in [-0.2, 0) is 4.79 Å². The highest BCUT2D eigenvalue weighted by Gasteiger charge is 1.77. The van der Waals surface area contributed by atoms with Crippen LogP contribution in [0.25, 0.3) is 0 Å². The lowest BCUT2D eigenvalue weighted by molar-refractivity contribution is -0.122. The first-order chi connectivity index (χ1) is 4.31. The Morgan fingerprint density at radius 3 is 2.44 bits per heavy atom. The molecule has 0 atom stereocenters. The summed E-state index contributed by atoms with van der Waals surface area (Å²) >= 11 is 4.99. The maximum Gasteiger partial charge on any atom is 0.290 e. The summed E-state index contributed by atoms with van der Waals surface area (Å²) in [6, 6.07) is 4.03. The summed E-state index contributed by atoms with van der Waals surface area (Å²) in [6.45, 7) is -0.250. The van der Waals surface area contributed by atoms with Gasteiger partial charge in [-0.25, -0.2) is 0 Å². The molecule has 0 amide bonds. The predicted molar refractivity (Wildman–Crippen MR) is 40.7 cm³/mol. The third kappa shape index (κ3) is 5.52. The van der Waals surface area contributed by atoms with Gasteiger partial charge in [-0.05, 0) is 27.4 Å². The van der Waals surface area contributed by atoms with Gasteiger partial charge in [0, 0.05) is 0 Å². The van der Waals surface area contributed by atoms with Gasteiger partial charge in [0.2, 0.25) is 0 Å². The van der Waals surface area contributed by atoms with E-state index in [4.69, 9.17) is 9.90 Å². The molecule has 1 N–H and O–H groups in total. The Hall–Kier alpha value is -0.350. The van der Waals surface area contributed by atoms with Gasteiger partial charge < -0.3 is 5.11 Å². The van der Waals surface area contributed by atoms with Crippen LogP contribution in [0.4, 0.5) is 0 Å². The van der Waals surface area contributed by atoms with Gasteiger partial charge in [-0.3, -0.25) is 4.79 Å². The Labute approximate surface area is 65.3 Å². The zero-order valence-electron chi connectivity index (χ0n) is 4.45. The van der Waals surface area contributed by atoms with Crippen LogP contribution in [-0.4, -0.2) is 11.6 Å². The van der Waals surface area contributed by atoms with Gasteiger partial charge >= 0.3 is 0 Å². The number of hydrogen-bond acceptors (Lipinski definition) is 2. The molecular formula is C5H5BrO2S. The second-order valence-corrected chi connectivity index (χ2v) is 3.35. The van der Waals surface area contributed by atoms with E-state index in [1.54, 1.807) is 11.3 Å². The van der Waals surface area contributed by atoms with Crippen LogP contribution >= 0.6 is 27.3 Å². The minimum Gasteiger partial charge on any atom is -0.483 e. The first-order valence-corrected chi connectivity index (χ1v) is 3.75. The lowest BCUT2D eigenvalue weighted by Crippen LogP contribution is -1.49. The van der Waals surface area contributed by atoms with E-state index in [9.17, 15) is 0 Å². The van der Waals surface area contributed by atoms with Crippen LogP contribution in [0.15, 0.2) is 21.3 Å². The summed E-state index contributed by atoms with van der Waals surface area (Å²) in [6.07, 6.45) is 0. The van der Waals surface area contributed by atoms with Gasteiger partial charge in [-0.2, -0.15) is 0 Å². The monoisotopic (exact) mass is 208 g/mol. The fourth-order valence-electron chi connectivity index (χ4n) is 0.259. The minimum absolute atomic E-state index is 0.250. The molecule has 0 aromatic carbocycles. The number of hydrogen-bond donors (Lipinski definition) is 1. The van der Waals surface area contributed by atoms with Crippen molar-refractivity contribution in [3.05, 3.63) is 21.3 Å². The molecule has 0 radical (unpaired) electrons. The number of carboxylic acid groups (broad SMARTS) is 1. The smallest absolute Gasteiger partial charge is 0.290 e. The van der Waals surface area contributed by atoms with Crippen LogP contribution in [0, 0.1) is 0 Å². The van der Waals surface area contributed by atoms with E-state index in [2.05, 4.69) is 15.9 Å². The average molecular weight is 209 g/mol. The highest BCUT2D eigenvalue weighted by atomic mass is 79.9. The van der Waals surface area contributed by atoms with Crippen molar-refractivity contribution in [2.75, 3.05) is 0 Å². The first-order valence-electron chi connectivity index (χ1n) is 2.08. The summed E-state index contributed by atoms with van der Waals surface area (Å²) in [5.41, 5.74) is 0. The molecule has 0 saturated heterocycles. The molecule has 1 rings (SSSR count). The van der Waals surface area contributed by atoms with Crippen molar-refractivity contribution in [3.8, 4) is 0 Å². The Morgan fingerprint density at radius 2 is 2.33 bits per heavy atom. The second-order valence-electron chi connectivity index (χ2n) is 1.02. The molecule has 4 heteroatoms. The molecule has 0 unspecified atom stereocenters. The van der Waals surface area contributed by atoms with Crippen LogP contribution in [0.5, 0.6) is 0 Å². The lowest BCUT2D eigenvalue weighted by Gasteiger charge is -1.62. The van der Waals surface area contributed by atoms with Gasteiger partial charge in [0.1, 0.15) is 0 Å². The number of carbonyl (C=O) groups is 1. The molecule has 0 fully saturated rings. The van der Waals surface area contributed by atoms with E-state index >= 15 is 0 Å². The summed E-state index contributed by atoms with van der Waals surface area (Å²) in [4.78, 5) is 8.36. The van der Waals surface area contributed by atoms with Crippen LogP contribution in [0.3, 0.4) is 0 Å². The molecule has 0 spiro atoms. The average Bonchev–Trinajstić information content (AvgIpc) is 2.20. The van der Waals surface area contributed by atoms with E-state index in [0.717, 1.165) is 0 Å². The quantitative estimate of drug-likeness (QED) is 0.665. The van der Waals surface area contributed by atoms with Crippen LogP contribution in [0.1, 0.15) is 0 Å². The molecule has 50 valence electrons. The maximum atomic E-state index is 8.36. The SMILES string of the molecule is Brc1cccs1.O=CO. The molecule has 0 saturated carbocycles. The summed E-state index contributed by atoms with van der Waals surface area (Å²) < 4.78 is 1.20. The Bertz CT molecular complexity index is 150. The van der Waals surface area contributed by atoms with Crippen molar-refractivity contribution in [1.29, 1.82) is 0 Å². The summed E-state index contributed by atoms with van der Waals surface area (Å²) in [5, 5.41) is 8.92. The number of rotatable bonds is 0. The van der Waals surface area contributed by atoms with E-state index in [0.29, 0.717) is 0 Å². The Morgan fingerprint density at radius 1 is 1.78 bits per heavy atom. The molecule has 2 nitrogen and oxygen atoms in total. The second kappa shape index (κ2) is 5.78. The normalized spacial score (nSPS) is 7.22. The van der Waals surface area contributed by atoms with Gasteiger partial charge in [0.15, 0.2) is 0 Å². The fraction of sp³-hybridized carbons (Fsp3) is 0. The van der Waals surface area contributed by atoms with Crippen molar-refractivity contribution in [2.45, 2.75) is 0 Å². The maximum absolute atomic E-state index is 8.36. The van der Waals surface area contributed by atoms with E-state index in [1.807, 2.05) is 17.5 Å². The van der Waals surface area contributed by atoms with Gasteiger partial charge in [-0.15, -0.1) is 11.3 Å². The number of halogens is 1. The molecule has 1 aromatic rings. The molecule has 0 aliphatic heterocycles. The van der Waals surface area contributed by atoms with Crippen molar-refractivity contribution in [3.63, 3.8) is 0 Å². The number of thiophene rings is 1. The highest BCUT2D eigenvalue weighted by molar-refractivity contribution is 9.11. The van der Waals surface area contributed by atoms with Crippen LogP contribution < -0.4 is 0 Å². The zero-order valence-corrected chi connectivity index (χ0v) is 6.85.